The standard InChI is InChI=1S/C24H26F4N4O/c1-4-31-8-6-24(27,28)16(13-31)12-19-22(30-20-9-14(2)5-7-32(19)20)21-17(25)10-15(11-18(21)26)23(33)29-3/h5,7,9-11,16H,4,6,8,12-13H2,1-3H3,(H,29,33)/t16-/m0/s1. The molecule has 1 fully saturated rings. The third-order valence-corrected chi connectivity index (χ3v) is 6.37. The molecule has 3 aromatic rings. The van der Waals surface area contributed by atoms with Gasteiger partial charge in [0.25, 0.3) is 11.8 Å². The third kappa shape index (κ3) is 4.34. The molecule has 0 saturated carbocycles. The molecule has 3 heterocycles. The Balaban J connectivity index is 1.87. The number of imidazole rings is 1. The smallest absolute Gasteiger partial charge is 0.253 e. The van der Waals surface area contributed by atoms with E-state index in [0.717, 1.165) is 17.7 Å². The summed E-state index contributed by atoms with van der Waals surface area (Å²) in [4.78, 5) is 18.2. The minimum absolute atomic E-state index is 0.0246. The Morgan fingerprint density at radius 3 is 2.58 bits per heavy atom. The van der Waals surface area contributed by atoms with Crippen molar-refractivity contribution in [3.63, 3.8) is 0 Å². The lowest BCUT2D eigenvalue weighted by molar-refractivity contribution is -0.105. The summed E-state index contributed by atoms with van der Waals surface area (Å²) in [6.45, 7) is 4.91. The number of nitrogens with zero attached hydrogens (tertiary/aromatic N) is 3. The lowest BCUT2D eigenvalue weighted by atomic mass is 9.88. The first-order valence-electron chi connectivity index (χ1n) is 10.9. The number of rotatable bonds is 5. The van der Waals surface area contributed by atoms with E-state index in [1.165, 1.54) is 7.05 Å². The van der Waals surface area contributed by atoms with Gasteiger partial charge in [0.1, 0.15) is 17.3 Å². The maximum Gasteiger partial charge on any atom is 0.253 e. The van der Waals surface area contributed by atoms with Crippen molar-refractivity contribution in [2.75, 3.05) is 26.7 Å². The van der Waals surface area contributed by atoms with Crippen LogP contribution in [0.2, 0.25) is 0 Å². The number of fused-ring (bicyclic) bond motifs is 1. The van der Waals surface area contributed by atoms with Crippen molar-refractivity contribution in [1.29, 1.82) is 0 Å². The van der Waals surface area contributed by atoms with Gasteiger partial charge < -0.3 is 14.6 Å². The third-order valence-electron chi connectivity index (χ3n) is 6.37. The number of amides is 1. The Hall–Kier alpha value is -2.94. The Morgan fingerprint density at radius 1 is 1.24 bits per heavy atom. The number of aromatic nitrogens is 2. The molecule has 2 aromatic heterocycles. The lowest BCUT2D eigenvalue weighted by Gasteiger charge is -2.38. The van der Waals surface area contributed by atoms with Gasteiger partial charge in [-0.3, -0.25) is 4.79 Å². The fraction of sp³-hybridized carbons (Fsp3) is 0.417. The first kappa shape index (κ1) is 23.2. The van der Waals surface area contributed by atoms with Gasteiger partial charge in [0.2, 0.25) is 0 Å². The van der Waals surface area contributed by atoms with Crippen molar-refractivity contribution in [2.24, 2.45) is 5.92 Å². The minimum Gasteiger partial charge on any atom is -0.355 e. The topological polar surface area (TPSA) is 49.6 Å². The number of likely N-dealkylation sites (tertiary alicyclic amines) is 1. The van der Waals surface area contributed by atoms with Crippen LogP contribution in [0.3, 0.4) is 0 Å². The zero-order valence-electron chi connectivity index (χ0n) is 18.8. The van der Waals surface area contributed by atoms with Crippen molar-refractivity contribution >= 4 is 11.6 Å². The van der Waals surface area contributed by atoms with E-state index in [4.69, 9.17) is 0 Å². The predicted octanol–water partition coefficient (Wildman–Crippen LogP) is 4.47. The second-order valence-electron chi connectivity index (χ2n) is 8.54. The molecule has 0 unspecified atom stereocenters. The van der Waals surface area contributed by atoms with E-state index in [9.17, 15) is 13.6 Å². The Labute approximate surface area is 189 Å². The van der Waals surface area contributed by atoms with Crippen LogP contribution in [-0.2, 0) is 6.42 Å². The average molecular weight is 462 g/mol. The van der Waals surface area contributed by atoms with Gasteiger partial charge in [-0.1, -0.05) is 6.92 Å². The van der Waals surface area contributed by atoms with Crippen LogP contribution in [0.5, 0.6) is 0 Å². The lowest BCUT2D eigenvalue weighted by Crippen LogP contribution is -2.47. The van der Waals surface area contributed by atoms with Crippen LogP contribution in [0.25, 0.3) is 16.9 Å². The van der Waals surface area contributed by atoms with Crippen LogP contribution in [-0.4, -0.2) is 52.8 Å². The highest BCUT2D eigenvalue weighted by molar-refractivity contribution is 5.94. The van der Waals surface area contributed by atoms with Gasteiger partial charge in [0.05, 0.1) is 17.0 Å². The average Bonchev–Trinajstić information content (AvgIpc) is 3.10. The number of hydrogen-bond donors (Lipinski definition) is 1. The zero-order valence-corrected chi connectivity index (χ0v) is 18.8. The second kappa shape index (κ2) is 8.78. The van der Waals surface area contributed by atoms with E-state index in [0.29, 0.717) is 24.4 Å². The largest absolute Gasteiger partial charge is 0.355 e. The van der Waals surface area contributed by atoms with Crippen molar-refractivity contribution in [1.82, 2.24) is 19.6 Å². The molecule has 0 radical (unpaired) electrons. The fourth-order valence-electron chi connectivity index (χ4n) is 4.45. The van der Waals surface area contributed by atoms with Crippen molar-refractivity contribution in [3.05, 3.63) is 58.9 Å². The molecule has 1 aliphatic rings. The molecule has 1 atom stereocenters. The molecule has 0 aliphatic carbocycles. The highest BCUT2D eigenvalue weighted by atomic mass is 19.3. The van der Waals surface area contributed by atoms with E-state index >= 15 is 8.78 Å². The number of pyridine rings is 1. The molecule has 1 saturated heterocycles. The maximum absolute atomic E-state index is 15.1. The van der Waals surface area contributed by atoms with Crippen LogP contribution in [0, 0.1) is 24.5 Å². The Kier molecular flexibility index (Phi) is 6.18. The maximum atomic E-state index is 15.1. The van der Waals surface area contributed by atoms with Gasteiger partial charge in [0.15, 0.2) is 0 Å². The van der Waals surface area contributed by atoms with Crippen LogP contribution in [0.1, 0.15) is 35.0 Å². The number of hydrogen-bond acceptors (Lipinski definition) is 3. The molecule has 1 aliphatic heterocycles. The summed E-state index contributed by atoms with van der Waals surface area (Å²) in [7, 11) is 1.36. The highest BCUT2D eigenvalue weighted by Gasteiger charge is 2.44. The number of halogens is 4. The molecule has 1 amide bonds. The van der Waals surface area contributed by atoms with Gasteiger partial charge in [0, 0.05) is 50.7 Å². The van der Waals surface area contributed by atoms with Crippen LogP contribution < -0.4 is 5.32 Å². The summed E-state index contributed by atoms with van der Waals surface area (Å²) < 4.78 is 61.5. The normalized spacial score (nSPS) is 18.6. The number of piperidine rings is 1. The van der Waals surface area contributed by atoms with Gasteiger partial charge in [-0.15, -0.1) is 0 Å². The molecule has 9 heteroatoms. The Morgan fingerprint density at radius 2 is 1.94 bits per heavy atom. The molecule has 5 nitrogen and oxygen atoms in total. The summed E-state index contributed by atoms with van der Waals surface area (Å²) in [6, 6.07) is 5.40. The van der Waals surface area contributed by atoms with Crippen LogP contribution in [0.4, 0.5) is 17.6 Å². The number of nitrogens with one attached hydrogen (secondary N) is 1. The predicted molar refractivity (Wildman–Crippen MR) is 118 cm³/mol. The molecule has 4 rings (SSSR count). The van der Waals surface area contributed by atoms with Crippen molar-refractivity contribution in [2.45, 2.75) is 32.6 Å². The molecule has 176 valence electrons. The van der Waals surface area contributed by atoms with Crippen molar-refractivity contribution < 1.29 is 22.4 Å². The van der Waals surface area contributed by atoms with E-state index < -0.39 is 34.9 Å². The molecule has 33 heavy (non-hydrogen) atoms. The summed E-state index contributed by atoms with van der Waals surface area (Å²) in [6.07, 6.45) is 1.32. The summed E-state index contributed by atoms with van der Waals surface area (Å²) >= 11 is 0. The summed E-state index contributed by atoms with van der Waals surface area (Å²) in [5.41, 5.74) is 0.990. The molecule has 0 bridgehead atoms. The van der Waals surface area contributed by atoms with Gasteiger partial charge in [-0.2, -0.15) is 0 Å². The first-order chi connectivity index (χ1) is 15.6. The SMILES string of the molecule is CCN1CCC(F)(F)[C@@H](Cc2c(-c3c(F)cc(C(=O)NC)cc3F)nc3cc(C)ccn23)C1. The van der Waals surface area contributed by atoms with Gasteiger partial charge in [-0.25, -0.2) is 22.5 Å². The van der Waals surface area contributed by atoms with Crippen molar-refractivity contribution in [3.8, 4) is 11.3 Å². The molecule has 1 N–H and O–H groups in total. The highest BCUT2D eigenvalue weighted by Crippen LogP contribution is 2.38. The number of carbonyl (C=O) groups excluding carboxylic acids is 1. The molecular formula is C24H26F4N4O. The van der Waals surface area contributed by atoms with Crippen LogP contribution >= 0.6 is 0 Å². The van der Waals surface area contributed by atoms with Crippen LogP contribution in [0.15, 0.2) is 30.5 Å². The number of aryl methyl sites for hydroxylation is 1. The van der Waals surface area contributed by atoms with E-state index in [1.807, 2.05) is 18.7 Å². The number of alkyl halides is 2. The molecule has 0 spiro atoms. The van der Waals surface area contributed by atoms with E-state index in [-0.39, 0.29) is 30.6 Å². The zero-order chi connectivity index (χ0) is 23.9. The van der Waals surface area contributed by atoms with Gasteiger partial charge in [-0.05, 0) is 43.3 Å². The van der Waals surface area contributed by atoms with E-state index in [1.54, 1.807) is 22.7 Å². The summed E-state index contributed by atoms with van der Waals surface area (Å²) in [5, 5.41) is 2.33. The minimum atomic E-state index is -2.90. The Bertz CT molecular complexity index is 1180. The molecular weight excluding hydrogens is 436 g/mol. The van der Waals surface area contributed by atoms with Gasteiger partial charge >= 0.3 is 0 Å². The fourth-order valence-corrected chi connectivity index (χ4v) is 4.45. The number of benzene rings is 1. The summed E-state index contributed by atoms with van der Waals surface area (Å²) in [5.74, 6) is -6.51. The second-order valence-corrected chi connectivity index (χ2v) is 8.54. The number of carbonyl (C=O) groups is 1. The monoisotopic (exact) mass is 462 g/mol. The van der Waals surface area contributed by atoms with E-state index in [2.05, 4.69) is 10.3 Å². The first-order valence-corrected chi connectivity index (χ1v) is 10.9. The quantitative estimate of drug-likeness (QED) is 0.570. The molecule has 1 aromatic carbocycles.